The molecule has 2 amide bonds. The van der Waals surface area contributed by atoms with E-state index in [0.29, 0.717) is 6.54 Å². The predicted molar refractivity (Wildman–Crippen MR) is 73.8 cm³/mol. The van der Waals surface area contributed by atoms with Gasteiger partial charge in [-0.2, -0.15) is 5.26 Å². The van der Waals surface area contributed by atoms with Crippen LogP contribution < -0.4 is 4.74 Å². The lowest BCUT2D eigenvalue weighted by molar-refractivity contribution is 0.199. The van der Waals surface area contributed by atoms with Gasteiger partial charge in [0, 0.05) is 13.6 Å². The summed E-state index contributed by atoms with van der Waals surface area (Å²) in [5.41, 5.74) is 1.02. The summed E-state index contributed by atoms with van der Waals surface area (Å²) in [6.45, 7) is 0.651. The molecule has 0 saturated carbocycles. The average Bonchev–Trinajstić information content (AvgIpc) is 2.67. The van der Waals surface area contributed by atoms with Crippen LogP contribution in [0.4, 0.5) is 4.79 Å². The second-order valence-electron chi connectivity index (χ2n) is 4.34. The summed E-state index contributed by atoms with van der Waals surface area (Å²) in [6, 6.07) is 7.61. The quantitative estimate of drug-likeness (QED) is 0.802. The van der Waals surface area contributed by atoms with E-state index in [1.807, 2.05) is 24.3 Å². The third-order valence-corrected chi connectivity index (χ3v) is 3.87. The Hall–Kier alpha value is -1.74. The van der Waals surface area contributed by atoms with Crippen molar-refractivity contribution in [3.05, 3.63) is 28.2 Å². The molecular formula is C13H14BrN3O2. The molecule has 0 aliphatic carbocycles. The van der Waals surface area contributed by atoms with Crippen molar-refractivity contribution in [3.63, 3.8) is 0 Å². The van der Waals surface area contributed by atoms with Crippen LogP contribution in [0.25, 0.3) is 0 Å². The van der Waals surface area contributed by atoms with Gasteiger partial charge in [0.1, 0.15) is 12.3 Å². The number of amides is 2. The first-order valence-electron chi connectivity index (χ1n) is 5.80. The summed E-state index contributed by atoms with van der Waals surface area (Å²) in [4.78, 5) is 15.2. The molecule has 0 N–H and O–H groups in total. The molecular weight excluding hydrogens is 310 g/mol. The first-order chi connectivity index (χ1) is 9.08. The van der Waals surface area contributed by atoms with Gasteiger partial charge in [0.2, 0.25) is 0 Å². The summed E-state index contributed by atoms with van der Waals surface area (Å²) in [5.74, 6) is 0.754. The number of halogens is 1. The maximum atomic E-state index is 12.0. The number of nitriles is 1. The summed E-state index contributed by atoms with van der Waals surface area (Å²) in [6.07, 6.45) is 0. The number of methoxy groups -OCH3 is 1. The monoisotopic (exact) mass is 323 g/mol. The molecule has 0 bridgehead atoms. The van der Waals surface area contributed by atoms with E-state index in [9.17, 15) is 4.79 Å². The van der Waals surface area contributed by atoms with Crippen LogP contribution in [0.3, 0.4) is 0 Å². The fourth-order valence-electron chi connectivity index (χ4n) is 2.20. The van der Waals surface area contributed by atoms with Crippen molar-refractivity contribution in [2.75, 3.05) is 27.2 Å². The summed E-state index contributed by atoms with van der Waals surface area (Å²) in [5, 5.41) is 8.71. The SMILES string of the molecule is COc1ccc(C2CN(CC#N)C(=O)N2C)cc1Br. The Kier molecular flexibility index (Phi) is 3.96. The highest BCUT2D eigenvalue weighted by Gasteiger charge is 2.35. The standard InChI is InChI=1S/C13H14BrN3O2/c1-16-11(8-17(6-5-15)13(16)18)9-3-4-12(19-2)10(14)7-9/h3-4,7,11H,6,8H2,1-2H3. The van der Waals surface area contributed by atoms with E-state index < -0.39 is 0 Å². The van der Waals surface area contributed by atoms with Gasteiger partial charge in [0.05, 0.1) is 23.7 Å². The van der Waals surface area contributed by atoms with E-state index in [4.69, 9.17) is 10.00 Å². The maximum Gasteiger partial charge on any atom is 0.321 e. The zero-order chi connectivity index (χ0) is 14.0. The van der Waals surface area contributed by atoms with Gasteiger partial charge in [0.25, 0.3) is 0 Å². The van der Waals surface area contributed by atoms with Gasteiger partial charge in [-0.15, -0.1) is 0 Å². The number of nitrogens with zero attached hydrogens (tertiary/aromatic N) is 3. The third kappa shape index (κ3) is 2.51. The van der Waals surface area contributed by atoms with Crippen molar-refractivity contribution < 1.29 is 9.53 Å². The highest BCUT2D eigenvalue weighted by molar-refractivity contribution is 9.10. The van der Waals surface area contributed by atoms with E-state index in [-0.39, 0.29) is 18.6 Å². The highest BCUT2D eigenvalue weighted by Crippen LogP contribution is 2.33. The molecule has 6 heteroatoms. The number of benzene rings is 1. The first kappa shape index (κ1) is 13.7. The molecule has 0 aromatic heterocycles. The molecule has 19 heavy (non-hydrogen) atoms. The lowest BCUT2D eigenvalue weighted by Gasteiger charge is -2.18. The molecule has 0 spiro atoms. The topological polar surface area (TPSA) is 56.6 Å². The zero-order valence-electron chi connectivity index (χ0n) is 10.8. The fraction of sp³-hybridized carbons (Fsp3) is 0.385. The van der Waals surface area contributed by atoms with Crippen LogP contribution in [0, 0.1) is 11.3 Å². The van der Waals surface area contributed by atoms with Crippen molar-refractivity contribution in [3.8, 4) is 11.8 Å². The number of urea groups is 1. The molecule has 100 valence electrons. The first-order valence-corrected chi connectivity index (χ1v) is 6.60. The molecule has 1 saturated heterocycles. The van der Waals surface area contributed by atoms with Crippen LogP contribution in [-0.4, -0.2) is 43.1 Å². The van der Waals surface area contributed by atoms with Crippen LogP contribution in [0.5, 0.6) is 5.75 Å². The highest BCUT2D eigenvalue weighted by atomic mass is 79.9. The van der Waals surface area contributed by atoms with E-state index in [1.54, 1.807) is 24.0 Å². The molecule has 5 nitrogen and oxygen atoms in total. The van der Waals surface area contributed by atoms with Gasteiger partial charge in [-0.25, -0.2) is 4.79 Å². The molecule has 2 rings (SSSR count). The number of likely N-dealkylation sites (N-methyl/N-ethyl adjacent to an activating group) is 1. The summed E-state index contributed by atoms with van der Waals surface area (Å²) < 4.78 is 6.04. The number of ether oxygens (including phenoxy) is 1. The Balaban J connectivity index is 2.25. The van der Waals surface area contributed by atoms with Gasteiger partial charge >= 0.3 is 6.03 Å². The Morgan fingerprint density at radius 2 is 2.32 bits per heavy atom. The number of hydrogen-bond donors (Lipinski definition) is 0. The van der Waals surface area contributed by atoms with Crippen molar-refractivity contribution in [2.24, 2.45) is 0 Å². The Morgan fingerprint density at radius 3 is 2.89 bits per heavy atom. The van der Waals surface area contributed by atoms with Gasteiger partial charge in [-0.3, -0.25) is 0 Å². The Bertz CT molecular complexity index is 541. The van der Waals surface area contributed by atoms with Crippen LogP contribution in [-0.2, 0) is 0 Å². The van der Waals surface area contributed by atoms with Crippen molar-refractivity contribution >= 4 is 22.0 Å². The minimum atomic E-state index is -0.113. The second kappa shape index (κ2) is 5.49. The smallest absolute Gasteiger partial charge is 0.321 e. The zero-order valence-corrected chi connectivity index (χ0v) is 12.3. The van der Waals surface area contributed by atoms with E-state index in [2.05, 4.69) is 15.9 Å². The van der Waals surface area contributed by atoms with Crippen molar-refractivity contribution in [1.29, 1.82) is 5.26 Å². The lowest BCUT2D eigenvalue weighted by Crippen LogP contribution is -2.29. The largest absolute Gasteiger partial charge is 0.496 e. The molecule has 1 aromatic rings. The van der Waals surface area contributed by atoms with Crippen molar-refractivity contribution in [2.45, 2.75) is 6.04 Å². The van der Waals surface area contributed by atoms with Crippen LogP contribution in [0.2, 0.25) is 0 Å². The maximum absolute atomic E-state index is 12.0. The summed E-state index contributed by atoms with van der Waals surface area (Å²) >= 11 is 3.44. The van der Waals surface area contributed by atoms with Gasteiger partial charge in [0.15, 0.2) is 0 Å². The average molecular weight is 324 g/mol. The van der Waals surface area contributed by atoms with E-state index in [1.165, 1.54) is 0 Å². The minimum Gasteiger partial charge on any atom is -0.496 e. The van der Waals surface area contributed by atoms with Crippen molar-refractivity contribution in [1.82, 2.24) is 9.80 Å². The van der Waals surface area contributed by atoms with Gasteiger partial charge in [-0.1, -0.05) is 6.07 Å². The Morgan fingerprint density at radius 1 is 1.58 bits per heavy atom. The third-order valence-electron chi connectivity index (χ3n) is 3.26. The number of hydrogen-bond acceptors (Lipinski definition) is 3. The van der Waals surface area contributed by atoms with Gasteiger partial charge in [-0.05, 0) is 33.6 Å². The van der Waals surface area contributed by atoms with E-state index in [0.717, 1.165) is 15.8 Å². The molecule has 0 radical (unpaired) electrons. The number of carbonyl (C=O) groups is 1. The van der Waals surface area contributed by atoms with Crippen LogP contribution in [0.15, 0.2) is 22.7 Å². The summed E-state index contributed by atoms with van der Waals surface area (Å²) in [7, 11) is 3.36. The van der Waals surface area contributed by atoms with Crippen LogP contribution >= 0.6 is 15.9 Å². The molecule has 1 aliphatic heterocycles. The molecule has 1 aromatic carbocycles. The van der Waals surface area contributed by atoms with Crippen LogP contribution in [0.1, 0.15) is 11.6 Å². The Labute approximate surface area is 120 Å². The van der Waals surface area contributed by atoms with E-state index >= 15 is 0 Å². The number of carbonyl (C=O) groups excluding carboxylic acids is 1. The second-order valence-corrected chi connectivity index (χ2v) is 5.20. The molecule has 1 unspecified atom stereocenters. The fourth-order valence-corrected chi connectivity index (χ4v) is 2.76. The number of rotatable bonds is 3. The molecule has 1 atom stereocenters. The molecule has 1 fully saturated rings. The normalized spacial score (nSPS) is 18.6. The predicted octanol–water partition coefficient (Wildman–Crippen LogP) is 2.39. The van der Waals surface area contributed by atoms with Gasteiger partial charge < -0.3 is 14.5 Å². The lowest BCUT2D eigenvalue weighted by atomic mass is 10.1. The molecule has 1 heterocycles. The minimum absolute atomic E-state index is 0.0388. The molecule has 1 aliphatic rings.